The first kappa shape index (κ1) is 26.7. The van der Waals surface area contributed by atoms with Crippen molar-refractivity contribution in [3.8, 4) is 0 Å². The summed E-state index contributed by atoms with van der Waals surface area (Å²) in [6, 6.07) is 6.68. The minimum absolute atomic E-state index is 0.0330. The number of hydrogen-bond donors (Lipinski definition) is 2. The van der Waals surface area contributed by atoms with E-state index in [9.17, 15) is 24.3 Å². The third kappa shape index (κ3) is 4.83. The second-order valence-corrected chi connectivity index (χ2v) is 11.9. The van der Waals surface area contributed by atoms with Crippen LogP contribution in [-0.2, 0) is 9.53 Å². The fraction of sp³-hybridized carbons (Fsp3) is 0.393. The van der Waals surface area contributed by atoms with Crippen molar-refractivity contribution in [2.24, 2.45) is 0 Å². The van der Waals surface area contributed by atoms with Crippen molar-refractivity contribution in [3.05, 3.63) is 52.1 Å². The highest BCUT2D eigenvalue weighted by molar-refractivity contribution is 8.00. The molecule has 1 aromatic carbocycles. The van der Waals surface area contributed by atoms with E-state index in [4.69, 9.17) is 4.74 Å². The molecule has 1 saturated carbocycles. The van der Waals surface area contributed by atoms with Crippen molar-refractivity contribution >= 4 is 58.0 Å². The normalized spacial score (nSPS) is 20.9. The van der Waals surface area contributed by atoms with Crippen molar-refractivity contribution in [3.63, 3.8) is 0 Å². The molecule has 14 heteroatoms. The first-order chi connectivity index (χ1) is 20.2. The van der Waals surface area contributed by atoms with Crippen LogP contribution in [-0.4, -0.2) is 88.7 Å². The molecular weight excluding hydrogens is 567 g/mol. The fourth-order valence-corrected chi connectivity index (χ4v) is 6.53. The molecule has 2 N–H and O–H groups in total. The highest BCUT2D eigenvalue weighted by atomic mass is 32.2. The summed E-state index contributed by atoms with van der Waals surface area (Å²) in [5, 5.41) is 12.3. The third-order valence-electron chi connectivity index (χ3n) is 8.03. The summed E-state index contributed by atoms with van der Waals surface area (Å²) < 4.78 is 22.6. The number of halogens is 1. The molecule has 0 spiro atoms. The first-order valence-electron chi connectivity index (χ1n) is 13.8. The van der Waals surface area contributed by atoms with Crippen LogP contribution in [0.4, 0.5) is 26.4 Å². The number of carbonyl (C=O) groups excluding carboxylic acids is 2. The predicted molar refractivity (Wildman–Crippen MR) is 153 cm³/mol. The number of thioether (sulfide) groups is 1. The van der Waals surface area contributed by atoms with E-state index in [-0.39, 0.29) is 34.8 Å². The van der Waals surface area contributed by atoms with Crippen molar-refractivity contribution in [1.82, 2.24) is 14.5 Å². The second-order valence-electron chi connectivity index (χ2n) is 10.9. The van der Waals surface area contributed by atoms with Gasteiger partial charge in [0.15, 0.2) is 11.6 Å². The lowest BCUT2D eigenvalue weighted by molar-refractivity contribution is -0.113. The van der Waals surface area contributed by atoms with Gasteiger partial charge in [-0.1, -0.05) is 0 Å². The number of carboxylic acids is 1. The standard InChI is InChI=1S/C28H27FN6O6S/c29-20-10-18-24(37)19(27(38)39)13-34(15-1-2-15)25(18)31-26(20)33-7-5-32(6-8-33)11-17-12-35(28(40)41-17)16-3-4-22-21(9-16)30-23(36)14-42-22/h3-4,9-10,13,15,17H,1-2,5-8,11-12,14H2,(H,30,36)(H,38,39). The summed E-state index contributed by atoms with van der Waals surface area (Å²) in [6.07, 6.45) is 2.22. The number of aromatic carboxylic acids is 1. The fourth-order valence-electron chi connectivity index (χ4n) is 5.74. The number of cyclic esters (lactones) is 1. The number of anilines is 3. The molecule has 3 aliphatic heterocycles. The van der Waals surface area contributed by atoms with Gasteiger partial charge in [-0.2, -0.15) is 0 Å². The van der Waals surface area contributed by atoms with Crippen molar-refractivity contribution in [2.45, 2.75) is 29.9 Å². The molecule has 0 radical (unpaired) electrons. The molecule has 12 nitrogen and oxygen atoms in total. The number of nitrogens with one attached hydrogen (secondary N) is 1. The third-order valence-corrected chi connectivity index (χ3v) is 9.10. The zero-order valence-corrected chi connectivity index (χ0v) is 23.2. The van der Waals surface area contributed by atoms with Gasteiger partial charge in [-0.15, -0.1) is 11.8 Å². The van der Waals surface area contributed by atoms with Gasteiger partial charge >= 0.3 is 12.1 Å². The van der Waals surface area contributed by atoms with Crippen LogP contribution in [0.3, 0.4) is 0 Å². The molecule has 4 aliphatic rings. The summed E-state index contributed by atoms with van der Waals surface area (Å²) in [7, 11) is 0. The predicted octanol–water partition coefficient (Wildman–Crippen LogP) is 2.76. The van der Waals surface area contributed by atoms with E-state index in [2.05, 4.69) is 15.2 Å². The van der Waals surface area contributed by atoms with Gasteiger partial charge in [-0.05, 0) is 37.1 Å². The Hall–Kier alpha value is -4.17. The van der Waals surface area contributed by atoms with E-state index in [1.54, 1.807) is 15.5 Å². The number of aromatic nitrogens is 2. The molecule has 7 rings (SSSR count). The minimum Gasteiger partial charge on any atom is -0.477 e. The number of carbonyl (C=O) groups is 3. The van der Waals surface area contributed by atoms with Gasteiger partial charge in [0, 0.05) is 55.5 Å². The van der Waals surface area contributed by atoms with Gasteiger partial charge in [-0.3, -0.25) is 19.4 Å². The summed E-state index contributed by atoms with van der Waals surface area (Å²) in [5.41, 5.74) is 0.514. The molecule has 0 bridgehead atoms. The van der Waals surface area contributed by atoms with Crippen LogP contribution in [0.1, 0.15) is 29.2 Å². The SMILES string of the molecule is O=C1CSc2ccc(N3CC(CN4CCN(c5nc6c(cc5F)c(=O)c(C(=O)O)cn6C5CC5)CC4)OC3=O)cc2N1. The highest BCUT2D eigenvalue weighted by Crippen LogP contribution is 2.38. The summed E-state index contributed by atoms with van der Waals surface area (Å²) in [6.45, 7) is 3.01. The zero-order valence-electron chi connectivity index (χ0n) is 22.4. The maximum absolute atomic E-state index is 15.3. The monoisotopic (exact) mass is 594 g/mol. The number of benzene rings is 1. The summed E-state index contributed by atoms with van der Waals surface area (Å²) in [4.78, 5) is 59.8. The lowest BCUT2D eigenvalue weighted by Gasteiger charge is -2.36. The van der Waals surface area contributed by atoms with Crippen LogP contribution in [0.5, 0.6) is 0 Å². The molecule has 1 atom stereocenters. The largest absolute Gasteiger partial charge is 0.477 e. The van der Waals surface area contributed by atoms with E-state index in [1.807, 2.05) is 17.0 Å². The van der Waals surface area contributed by atoms with E-state index < -0.39 is 23.3 Å². The van der Waals surface area contributed by atoms with Crippen LogP contribution in [0.2, 0.25) is 0 Å². The van der Waals surface area contributed by atoms with Crippen LogP contribution in [0.15, 0.2) is 40.2 Å². The molecule has 2 amide bonds. The smallest absolute Gasteiger partial charge is 0.414 e. The Balaban J connectivity index is 1.03. The van der Waals surface area contributed by atoms with Gasteiger partial charge < -0.3 is 24.6 Å². The van der Waals surface area contributed by atoms with Crippen molar-refractivity contribution in [1.29, 1.82) is 0 Å². The van der Waals surface area contributed by atoms with Crippen LogP contribution in [0, 0.1) is 5.82 Å². The van der Waals surface area contributed by atoms with Gasteiger partial charge in [0.05, 0.1) is 23.4 Å². The number of pyridine rings is 2. The Morgan fingerprint density at radius 1 is 1.14 bits per heavy atom. The molecular formula is C28H27FN6O6S. The molecule has 42 heavy (non-hydrogen) atoms. The second kappa shape index (κ2) is 10.3. The molecule has 2 saturated heterocycles. The Kier molecular flexibility index (Phi) is 6.54. The Bertz CT molecular complexity index is 1700. The number of hydrogen-bond acceptors (Lipinski definition) is 9. The number of nitrogens with zero attached hydrogens (tertiary/aromatic N) is 5. The number of carboxylic acid groups (broad SMARTS) is 1. The Morgan fingerprint density at radius 3 is 2.67 bits per heavy atom. The highest BCUT2D eigenvalue weighted by Gasteiger charge is 2.35. The molecule has 2 aromatic heterocycles. The zero-order chi connectivity index (χ0) is 29.1. The lowest BCUT2D eigenvalue weighted by atomic mass is 10.1. The van der Waals surface area contributed by atoms with Crippen LogP contribution in [0.25, 0.3) is 11.0 Å². The van der Waals surface area contributed by atoms with Crippen LogP contribution < -0.4 is 20.5 Å². The van der Waals surface area contributed by atoms with Gasteiger partial charge in [-0.25, -0.2) is 19.0 Å². The van der Waals surface area contributed by atoms with Gasteiger partial charge in [0.1, 0.15) is 17.3 Å². The van der Waals surface area contributed by atoms with Gasteiger partial charge in [0.2, 0.25) is 11.3 Å². The maximum atomic E-state index is 15.3. The molecule has 3 aromatic rings. The number of amides is 2. The molecule has 1 aliphatic carbocycles. The summed E-state index contributed by atoms with van der Waals surface area (Å²) >= 11 is 1.46. The topological polar surface area (TPSA) is 137 Å². The molecule has 218 valence electrons. The first-order valence-corrected chi connectivity index (χ1v) is 14.7. The van der Waals surface area contributed by atoms with Crippen molar-refractivity contribution < 1.29 is 28.6 Å². The number of rotatable bonds is 6. The Labute approximate surface area is 243 Å². The van der Waals surface area contributed by atoms with Gasteiger partial charge in [0.25, 0.3) is 0 Å². The average molecular weight is 595 g/mol. The Morgan fingerprint density at radius 2 is 1.93 bits per heavy atom. The molecule has 5 heterocycles. The quantitative estimate of drug-likeness (QED) is 0.438. The maximum Gasteiger partial charge on any atom is 0.414 e. The van der Waals surface area contributed by atoms with E-state index >= 15 is 4.39 Å². The number of fused-ring (bicyclic) bond motifs is 2. The van der Waals surface area contributed by atoms with Crippen LogP contribution >= 0.6 is 11.8 Å². The number of piperazine rings is 1. The van der Waals surface area contributed by atoms with E-state index in [0.29, 0.717) is 62.0 Å². The molecule has 3 fully saturated rings. The van der Waals surface area contributed by atoms with Crippen molar-refractivity contribution in [2.75, 3.05) is 60.1 Å². The lowest BCUT2D eigenvalue weighted by Crippen LogP contribution is -2.49. The van der Waals surface area contributed by atoms with E-state index in [0.717, 1.165) is 23.8 Å². The van der Waals surface area contributed by atoms with E-state index in [1.165, 1.54) is 18.0 Å². The minimum atomic E-state index is -1.34. The summed E-state index contributed by atoms with van der Waals surface area (Å²) in [5.74, 6) is -1.59. The molecule has 1 unspecified atom stereocenters. The average Bonchev–Trinajstić information content (AvgIpc) is 3.75. The number of ether oxygens (including phenoxy) is 1.